The van der Waals surface area contributed by atoms with E-state index in [1.165, 1.54) is 24.4 Å². The Kier molecular flexibility index (Phi) is 7.82. The molecule has 0 spiro atoms. The first-order valence-corrected chi connectivity index (χ1v) is 11.5. The number of carbonyl (C=O) groups excluding carboxylic acids is 1. The maximum absolute atomic E-state index is 14.3. The number of hydrogen-bond acceptors (Lipinski definition) is 7. The highest BCUT2D eigenvalue weighted by molar-refractivity contribution is 6.34. The zero-order chi connectivity index (χ0) is 25.5. The van der Waals surface area contributed by atoms with E-state index in [2.05, 4.69) is 31.2 Å². The second kappa shape index (κ2) is 11.4. The summed E-state index contributed by atoms with van der Waals surface area (Å²) in [6.07, 6.45) is 1.36. The third-order valence-electron chi connectivity index (χ3n) is 5.13. The van der Waals surface area contributed by atoms with Crippen LogP contribution < -0.4 is 26.0 Å². The molecule has 0 atom stereocenters. The van der Waals surface area contributed by atoms with Crippen LogP contribution in [0.15, 0.2) is 72.9 Å². The Balaban J connectivity index is 1.69. The molecule has 10 heteroatoms. The summed E-state index contributed by atoms with van der Waals surface area (Å²) in [6, 6.07) is 18.9. The van der Waals surface area contributed by atoms with Gasteiger partial charge < -0.3 is 26.0 Å². The van der Waals surface area contributed by atoms with Gasteiger partial charge in [-0.3, -0.25) is 4.79 Å². The summed E-state index contributed by atoms with van der Waals surface area (Å²) in [4.78, 5) is 22.0. The number of aromatic nitrogens is 2. The first-order valence-electron chi connectivity index (χ1n) is 11.1. The second-order valence-electron chi connectivity index (χ2n) is 7.56. The van der Waals surface area contributed by atoms with Gasteiger partial charge >= 0.3 is 0 Å². The van der Waals surface area contributed by atoms with E-state index in [9.17, 15) is 9.18 Å². The maximum Gasteiger partial charge on any atom is 0.261 e. The smallest absolute Gasteiger partial charge is 0.261 e. The summed E-state index contributed by atoms with van der Waals surface area (Å²) in [5.74, 6) is -0.0916. The molecular formula is C26H24ClFN6O2. The zero-order valence-corrected chi connectivity index (χ0v) is 20.4. The first kappa shape index (κ1) is 24.7. The first-order chi connectivity index (χ1) is 17.5. The average Bonchev–Trinajstić information content (AvgIpc) is 2.88. The molecule has 1 amide bonds. The monoisotopic (exact) mass is 506 g/mol. The van der Waals surface area contributed by atoms with Crippen molar-refractivity contribution in [3.05, 3.63) is 89.3 Å². The Bertz CT molecular complexity index is 1350. The SMILES string of the molecule is CCNc1ccccc1Nc1nc(Nc2ccc(OC)cc2)ncc1C(=O)Nc1c(F)cccc1Cl. The van der Waals surface area contributed by atoms with E-state index in [1.54, 1.807) is 19.2 Å². The van der Waals surface area contributed by atoms with Gasteiger partial charge in [0.25, 0.3) is 5.91 Å². The van der Waals surface area contributed by atoms with Crippen LogP contribution >= 0.6 is 11.6 Å². The number of benzene rings is 3. The lowest BCUT2D eigenvalue weighted by molar-refractivity contribution is 0.102. The Hall–Kier alpha value is -4.37. The number of rotatable bonds is 9. The van der Waals surface area contributed by atoms with Crippen LogP contribution in [-0.2, 0) is 0 Å². The quantitative estimate of drug-likeness (QED) is 0.207. The van der Waals surface area contributed by atoms with Gasteiger partial charge in [-0.05, 0) is 55.5 Å². The molecule has 1 heterocycles. The van der Waals surface area contributed by atoms with Gasteiger partial charge in [0.15, 0.2) is 0 Å². The van der Waals surface area contributed by atoms with Crippen LogP contribution in [0.2, 0.25) is 5.02 Å². The summed E-state index contributed by atoms with van der Waals surface area (Å²) < 4.78 is 19.5. The molecule has 4 aromatic rings. The predicted octanol–water partition coefficient (Wildman–Crippen LogP) is 6.45. The average molecular weight is 507 g/mol. The van der Waals surface area contributed by atoms with Gasteiger partial charge in [-0.25, -0.2) is 9.37 Å². The van der Waals surface area contributed by atoms with E-state index in [4.69, 9.17) is 16.3 Å². The van der Waals surface area contributed by atoms with Gasteiger partial charge in [0.2, 0.25) is 5.95 Å². The van der Waals surface area contributed by atoms with Crippen molar-refractivity contribution in [1.82, 2.24) is 9.97 Å². The zero-order valence-electron chi connectivity index (χ0n) is 19.6. The number of nitrogens with one attached hydrogen (secondary N) is 4. The van der Waals surface area contributed by atoms with Crippen LogP contribution in [-0.4, -0.2) is 29.5 Å². The highest BCUT2D eigenvalue weighted by Crippen LogP contribution is 2.29. The van der Waals surface area contributed by atoms with Crippen molar-refractivity contribution in [2.24, 2.45) is 0 Å². The normalized spacial score (nSPS) is 10.4. The lowest BCUT2D eigenvalue weighted by Gasteiger charge is -2.16. The van der Waals surface area contributed by atoms with Crippen LogP contribution in [0.5, 0.6) is 5.75 Å². The number of para-hydroxylation sites is 3. The van der Waals surface area contributed by atoms with Gasteiger partial charge in [-0.15, -0.1) is 0 Å². The molecular weight excluding hydrogens is 483 g/mol. The summed E-state index contributed by atoms with van der Waals surface area (Å²) in [7, 11) is 1.59. The number of carbonyl (C=O) groups is 1. The second-order valence-corrected chi connectivity index (χ2v) is 7.97. The van der Waals surface area contributed by atoms with Crippen LogP contribution in [0.3, 0.4) is 0 Å². The number of nitrogens with zero attached hydrogens (tertiary/aromatic N) is 2. The van der Waals surface area contributed by atoms with E-state index in [0.717, 1.165) is 11.4 Å². The lowest BCUT2D eigenvalue weighted by atomic mass is 10.2. The molecule has 4 rings (SSSR count). The van der Waals surface area contributed by atoms with Gasteiger partial charge in [-0.1, -0.05) is 29.8 Å². The molecule has 184 valence electrons. The molecule has 0 aliphatic heterocycles. The number of halogens is 2. The van der Waals surface area contributed by atoms with E-state index in [1.807, 2.05) is 43.3 Å². The fourth-order valence-corrected chi connectivity index (χ4v) is 3.58. The number of hydrogen-bond donors (Lipinski definition) is 4. The van der Waals surface area contributed by atoms with Gasteiger partial charge in [0.05, 0.1) is 29.2 Å². The molecule has 4 N–H and O–H groups in total. The number of ether oxygens (including phenoxy) is 1. The van der Waals surface area contributed by atoms with E-state index < -0.39 is 11.7 Å². The molecule has 0 saturated carbocycles. The fourth-order valence-electron chi connectivity index (χ4n) is 3.37. The summed E-state index contributed by atoms with van der Waals surface area (Å²) in [5, 5.41) is 12.2. The molecule has 0 fully saturated rings. The highest BCUT2D eigenvalue weighted by atomic mass is 35.5. The number of methoxy groups -OCH3 is 1. The van der Waals surface area contributed by atoms with Crippen molar-refractivity contribution in [2.75, 3.05) is 34.9 Å². The Morgan fingerprint density at radius 1 is 1.00 bits per heavy atom. The third-order valence-corrected chi connectivity index (χ3v) is 5.44. The molecule has 36 heavy (non-hydrogen) atoms. The minimum Gasteiger partial charge on any atom is -0.497 e. The van der Waals surface area contributed by atoms with Crippen molar-refractivity contribution in [3.8, 4) is 5.75 Å². The van der Waals surface area contributed by atoms with E-state index in [0.29, 0.717) is 18.0 Å². The molecule has 3 aromatic carbocycles. The fraction of sp³-hybridized carbons (Fsp3) is 0.115. The Morgan fingerprint density at radius 2 is 1.75 bits per heavy atom. The summed E-state index contributed by atoms with van der Waals surface area (Å²) in [6.45, 7) is 2.68. The van der Waals surface area contributed by atoms with Gasteiger partial charge in [-0.2, -0.15) is 4.98 Å². The minimum absolute atomic E-state index is 0.0778. The Labute approximate surface area is 212 Å². The highest BCUT2D eigenvalue weighted by Gasteiger charge is 2.19. The van der Waals surface area contributed by atoms with Crippen molar-refractivity contribution >= 4 is 52.0 Å². The van der Waals surface area contributed by atoms with Gasteiger partial charge in [0.1, 0.15) is 22.9 Å². The van der Waals surface area contributed by atoms with Crippen LogP contribution in [0.4, 0.5) is 38.9 Å². The molecule has 8 nitrogen and oxygen atoms in total. The van der Waals surface area contributed by atoms with Crippen LogP contribution in [0.25, 0.3) is 0 Å². The molecule has 0 radical (unpaired) electrons. The third kappa shape index (κ3) is 5.81. The molecule has 0 bridgehead atoms. The van der Waals surface area contributed by atoms with Crippen LogP contribution in [0, 0.1) is 5.82 Å². The topological polar surface area (TPSA) is 100 Å². The van der Waals surface area contributed by atoms with Crippen molar-refractivity contribution in [3.63, 3.8) is 0 Å². The molecule has 1 aromatic heterocycles. The van der Waals surface area contributed by atoms with Crippen molar-refractivity contribution in [1.29, 1.82) is 0 Å². The van der Waals surface area contributed by atoms with Crippen molar-refractivity contribution in [2.45, 2.75) is 6.92 Å². The Morgan fingerprint density at radius 3 is 2.44 bits per heavy atom. The van der Waals surface area contributed by atoms with E-state index in [-0.39, 0.29) is 28.0 Å². The maximum atomic E-state index is 14.3. The number of anilines is 6. The standard InChI is InChI=1S/C26H24ClFN6O2/c1-3-29-21-9-4-5-10-22(21)32-24-18(25(35)33-23-19(27)7-6-8-20(23)28)15-30-26(34-24)31-16-11-13-17(36-2)14-12-16/h4-15,29H,3H2,1-2H3,(H,33,35)(H2,30,31,32,34). The number of amides is 1. The van der Waals surface area contributed by atoms with E-state index >= 15 is 0 Å². The van der Waals surface area contributed by atoms with Gasteiger partial charge in [0, 0.05) is 18.4 Å². The molecule has 0 saturated heterocycles. The minimum atomic E-state index is -0.651. The van der Waals surface area contributed by atoms with Crippen LogP contribution in [0.1, 0.15) is 17.3 Å². The molecule has 0 aliphatic carbocycles. The lowest BCUT2D eigenvalue weighted by Crippen LogP contribution is -2.17. The predicted molar refractivity (Wildman–Crippen MR) is 142 cm³/mol. The van der Waals surface area contributed by atoms with Crippen molar-refractivity contribution < 1.29 is 13.9 Å². The summed E-state index contributed by atoms with van der Waals surface area (Å²) >= 11 is 6.09. The molecule has 0 aliphatic rings. The molecule has 0 unspecified atom stereocenters. The largest absolute Gasteiger partial charge is 0.497 e. The summed E-state index contributed by atoms with van der Waals surface area (Å²) in [5.41, 5.74) is 2.23.